The molecule has 0 heterocycles. The summed E-state index contributed by atoms with van der Waals surface area (Å²) in [5.74, 6) is -0.362. The average Bonchev–Trinajstić information content (AvgIpc) is 2.78. The Morgan fingerprint density at radius 3 is 1.13 bits per heavy atom. The molecule has 0 spiro atoms. The van der Waals surface area contributed by atoms with Crippen LogP contribution in [-0.4, -0.2) is 39.9 Å². The van der Waals surface area contributed by atoms with Crippen LogP contribution in [0.15, 0.2) is 0 Å². The number of hydrogen-bond donors (Lipinski definition) is 3. The number of hydrogen-bond acceptors (Lipinski definition) is 4. The van der Waals surface area contributed by atoms with Crippen molar-refractivity contribution in [3.63, 3.8) is 0 Å². The fraction of sp³-hybridized carbons (Fsp3) is 0.963. The van der Waals surface area contributed by atoms with Crippen LogP contribution < -0.4 is 0 Å². The Bertz CT molecular complexity index is 372. The molecule has 0 aliphatic rings. The van der Waals surface area contributed by atoms with Crippen LogP contribution >= 0.6 is 0 Å². The highest BCUT2D eigenvalue weighted by Gasteiger charge is 2.22. The second-order valence-electron chi connectivity index (χ2n) is 9.48. The number of aliphatic hydroxyl groups is 3. The van der Waals surface area contributed by atoms with Crippen molar-refractivity contribution in [1.29, 1.82) is 0 Å². The Hall–Kier alpha value is -0.450. The third kappa shape index (κ3) is 21.2. The molecule has 3 N–H and O–H groups in total. The normalized spacial score (nSPS) is 13.4. The highest BCUT2D eigenvalue weighted by atomic mass is 16.4. The minimum Gasteiger partial charge on any atom is -0.394 e. The van der Waals surface area contributed by atoms with Crippen LogP contribution in [0.5, 0.6) is 0 Å². The smallest absolute Gasteiger partial charge is 0.164 e. The van der Waals surface area contributed by atoms with Gasteiger partial charge in [-0.3, -0.25) is 4.79 Å². The fourth-order valence-electron chi connectivity index (χ4n) is 4.19. The van der Waals surface area contributed by atoms with E-state index in [2.05, 4.69) is 6.92 Å². The first-order chi connectivity index (χ1) is 15.1. The standard InChI is InChI=1S/C27H54O4/c1-2-3-4-5-6-7-8-9-10-11-12-13-14-15-16-17-18-19-20-21-22-23-25(29)27(31)26(30)24-28/h26-28,30-31H,2-24H2,1H3. The highest BCUT2D eigenvalue weighted by Crippen LogP contribution is 2.15. The van der Waals surface area contributed by atoms with Gasteiger partial charge in [-0.15, -0.1) is 0 Å². The third-order valence-electron chi connectivity index (χ3n) is 6.41. The SMILES string of the molecule is CCCCCCCCCCCCCCCCCCCCCCCC(=O)C(O)C(O)CO. The zero-order chi connectivity index (χ0) is 23.0. The van der Waals surface area contributed by atoms with Crippen molar-refractivity contribution < 1.29 is 20.1 Å². The summed E-state index contributed by atoms with van der Waals surface area (Å²) in [6.07, 6.45) is 25.4. The van der Waals surface area contributed by atoms with Crippen molar-refractivity contribution in [2.75, 3.05) is 6.61 Å². The van der Waals surface area contributed by atoms with E-state index in [4.69, 9.17) is 5.11 Å². The molecule has 0 aromatic heterocycles. The quantitative estimate of drug-likeness (QED) is 0.135. The molecule has 0 saturated carbocycles. The van der Waals surface area contributed by atoms with Crippen LogP contribution in [0.3, 0.4) is 0 Å². The Morgan fingerprint density at radius 2 is 0.839 bits per heavy atom. The number of unbranched alkanes of at least 4 members (excludes halogenated alkanes) is 20. The first-order valence-electron chi connectivity index (χ1n) is 13.6. The molecule has 186 valence electrons. The van der Waals surface area contributed by atoms with Gasteiger partial charge in [-0.2, -0.15) is 0 Å². The summed E-state index contributed by atoms with van der Waals surface area (Å²) >= 11 is 0. The first-order valence-corrected chi connectivity index (χ1v) is 13.6. The average molecular weight is 443 g/mol. The van der Waals surface area contributed by atoms with Crippen LogP contribution in [0.2, 0.25) is 0 Å². The van der Waals surface area contributed by atoms with E-state index in [0.29, 0.717) is 0 Å². The van der Waals surface area contributed by atoms with Gasteiger partial charge in [0.25, 0.3) is 0 Å². The number of carbonyl (C=O) groups excluding carboxylic acids is 1. The van der Waals surface area contributed by atoms with E-state index < -0.39 is 18.8 Å². The maximum absolute atomic E-state index is 11.6. The van der Waals surface area contributed by atoms with Crippen molar-refractivity contribution in [2.45, 2.75) is 160 Å². The predicted molar refractivity (Wildman–Crippen MR) is 131 cm³/mol. The molecule has 0 rings (SSSR count). The Morgan fingerprint density at radius 1 is 0.548 bits per heavy atom. The lowest BCUT2D eigenvalue weighted by Gasteiger charge is -2.13. The zero-order valence-corrected chi connectivity index (χ0v) is 20.7. The summed E-state index contributed by atoms with van der Waals surface area (Å²) in [5, 5.41) is 27.5. The fourth-order valence-corrected chi connectivity index (χ4v) is 4.19. The maximum atomic E-state index is 11.6. The molecule has 2 unspecified atom stereocenters. The molecule has 0 aliphatic heterocycles. The summed E-state index contributed by atoms with van der Waals surface area (Å²) in [7, 11) is 0. The van der Waals surface area contributed by atoms with Gasteiger partial charge in [0.1, 0.15) is 12.2 Å². The molecular formula is C27H54O4. The molecule has 0 aromatic rings. The molecule has 0 fully saturated rings. The molecule has 0 aromatic carbocycles. The van der Waals surface area contributed by atoms with Gasteiger partial charge in [0, 0.05) is 6.42 Å². The van der Waals surface area contributed by atoms with Crippen molar-refractivity contribution in [1.82, 2.24) is 0 Å². The second-order valence-corrected chi connectivity index (χ2v) is 9.48. The summed E-state index contributed by atoms with van der Waals surface area (Å²) in [6.45, 7) is 1.70. The van der Waals surface area contributed by atoms with Gasteiger partial charge in [0.2, 0.25) is 0 Å². The third-order valence-corrected chi connectivity index (χ3v) is 6.41. The molecule has 0 aliphatic carbocycles. The van der Waals surface area contributed by atoms with Crippen molar-refractivity contribution in [2.24, 2.45) is 0 Å². The number of rotatable bonds is 25. The van der Waals surface area contributed by atoms with Crippen molar-refractivity contribution >= 4 is 5.78 Å². The van der Waals surface area contributed by atoms with E-state index in [1.54, 1.807) is 0 Å². The molecule has 4 heteroatoms. The minimum absolute atomic E-state index is 0.289. The summed E-state index contributed by atoms with van der Waals surface area (Å²) in [6, 6.07) is 0. The maximum Gasteiger partial charge on any atom is 0.164 e. The number of aliphatic hydroxyl groups excluding tert-OH is 3. The summed E-state index contributed by atoms with van der Waals surface area (Å²) in [5.41, 5.74) is 0. The number of carbonyl (C=O) groups is 1. The first kappa shape index (κ1) is 30.6. The molecule has 0 saturated heterocycles. The van der Waals surface area contributed by atoms with Gasteiger partial charge < -0.3 is 15.3 Å². The van der Waals surface area contributed by atoms with E-state index in [-0.39, 0.29) is 12.2 Å². The van der Waals surface area contributed by atoms with Gasteiger partial charge in [-0.25, -0.2) is 0 Å². The van der Waals surface area contributed by atoms with Gasteiger partial charge in [0.15, 0.2) is 5.78 Å². The van der Waals surface area contributed by atoms with E-state index in [1.165, 1.54) is 116 Å². The van der Waals surface area contributed by atoms with Crippen LogP contribution in [0.4, 0.5) is 0 Å². The van der Waals surface area contributed by atoms with Crippen molar-refractivity contribution in [3.8, 4) is 0 Å². The zero-order valence-electron chi connectivity index (χ0n) is 20.7. The number of Topliss-reactive ketones (excluding diaryl/α,β-unsaturated/α-hetero) is 1. The van der Waals surface area contributed by atoms with Crippen LogP contribution in [0.25, 0.3) is 0 Å². The van der Waals surface area contributed by atoms with E-state index >= 15 is 0 Å². The molecule has 0 bridgehead atoms. The molecular weight excluding hydrogens is 388 g/mol. The lowest BCUT2D eigenvalue weighted by molar-refractivity contribution is -0.134. The van der Waals surface area contributed by atoms with Gasteiger partial charge in [-0.05, 0) is 6.42 Å². The summed E-state index contributed by atoms with van der Waals surface area (Å²) < 4.78 is 0. The second kappa shape index (κ2) is 24.2. The molecule has 4 nitrogen and oxygen atoms in total. The Kier molecular flexibility index (Phi) is 23.8. The van der Waals surface area contributed by atoms with Gasteiger partial charge in [-0.1, -0.05) is 135 Å². The molecule has 31 heavy (non-hydrogen) atoms. The predicted octanol–water partition coefficient (Wildman–Crippen LogP) is 6.87. The summed E-state index contributed by atoms with van der Waals surface area (Å²) in [4.78, 5) is 11.6. The monoisotopic (exact) mass is 442 g/mol. The van der Waals surface area contributed by atoms with Crippen LogP contribution in [0.1, 0.15) is 148 Å². The molecule has 2 atom stereocenters. The van der Waals surface area contributed by atoms with Crippen LogP contribution in [-0.2, 0) is 4.79 Å². The Balaban J connectivity index is 3.16. The number of ketones is 1. The van der Waals surface area contributed by atoms with Gasteiger partial charge >= 0.3 is 0 Å². The molecule has 0 radical (unpaired) electrons. The lowest BCUT2D eigenvalue weighted by atomic mass is 10.0. The lowest BCUT2D eigenvalue weighted by Crippen LogP contribution is -2.36. The highest BCUT2D eigenvalue weighted by molar-refractivity contribution is 5.83. The van der Waals surface area contributed by atoms with Gasteiger partial charge in [0.05, 0.1) is 6.61 Å². The molecule has 0 amide bonds. The minimum atomic E-state index is -1.44. The largest absolute Gasteiger partial charge is 0.394 e. The van der Waals surface area contributed by atoms with Crippen molar-refractivity contribution in [3.05, 3.63) is 0 Å². The van der Waals surface area contributed by atoms with E-state index in [0.717, 1.165) is 19.3 Å². The van der Waals surface area contributed by atoms with E-state index in [9.17, 15) is 15.0 Å². The Labute approximate surface area is 193 Å². The topological polar surface area (TPSA) is 77.8 Å². The van der Waals surface area contributed by atoms with E-state index in [1.807, 2.05) is 0 Å². The van der Waals surface area contributed by atoms with Crippen LogP contribution in [0, 0.1) is 0 Å².